The fraction of sp³-hybridized carbons (Fsp3) is 0.150. The maximum atomic E-state index is 13.0. The Morgan fingerprint density at radius 2 is 2.08 bits per heavy atom. The van der Waals surface area contributed by atoms with Crippen LogP contribution in [0.1, 0.15) is 18.5 Å². The van der Waals surface area contributed by atoms with Crippen LogP contribution in [0.15, 0.2) is 64.6 Å². The van der Waals surface area contributed by atoms with Crippen LogP contribution in [0.25, 0.3) is 21.5 Å². The highest BCUT2D eigenvalue weighted by atomic mass is 32.1. The van der Waals surface area contributed by atoms with Crippen LogP contribution in [0, 0.1) is 0 Å². The number of carbonyl (C=O) groups excluding carboxylic acids is 1. The zero-order valence-corrected chi connectivity index (χ0v) is 14.6. The summed E-state index contributed by atoms with van der Waals surface area (Å²) in [5.41, 5.74) is 1.74. The first-order valence-corrected chi connectivity index (χ1v) is 9.30. The predicted octanol–water partition coefficient (Wildman–Crippen LogP) is 4.62. The molecule has 6 heteroatoms. The zero-order chi connectivity index (χ0) is 17.6. The van der Waals surface area contributed by atoms with E-state index in [9.17, 15) is 4.79 Å². The normalized spacial score (nSPS) is 15.1. The molecule has 1 amide bonds. The topological polar surface area (TPSA) is 68.0 Å². The number of hydrogen-bond acceptors (Lipinski definition) is 5. The quantitative estimate of drug-likeness (QED) is 0.576. The second-order valence-electron chi connectivity index (χ2n) is 6.47. The van der Waals surface area contributed by atoms with Crippen LogP contribution in [-0.4, -0.2) is 16.0 Å². The molecule has 1 saturated carbocycles. The average Bonchev–Trinajstić information content (AvgIpc) is 3.09. The summed E-state index contributed by atoms with van der Waals surface area (Å²) >= 11 is 1.59. The number of aromatic nitrogens is 2. The molecule has 0 unspecified atom stereocenters. The van der Waals surface area contributed by atoms with Crippen molar-refractivity contribution in [1.82, 2.24) is 10.1 Å². The molecule has 0 bridgehead atoms. The number of nitrogens with one attached hydrogen (secondary N) is 1. The lowest BCUT2D eigenvalue weighted by Gasteiger charge is -2.13. The molecule has 0 aliphatic heterocycles. The van der Waals surface area contributed by atoms with E-state index in [2.05, 4.69) is 15.5 Å². The highest BCUT2D eigenvalue weighted by Crippen LogP contribution is 2.49. The van der Waals surface area contributed by atoms with Gasteiger partial charge in [-0.05, 0) is 48.6 Å². The number of anilines is 1. The highest BCUT2D eigenvalue weighted by molar-refractivity contribution is 7.13. The lowest BCUT2D eigenvalue weighted by molar-refractivity contribution is -0.118. The van der Waals surface area contributed by atoms with E-state index in [4.69, 9.17) is 4.52 Å². The number of fused-ring (bicyclic) bond motifs is 1. The van der Waals surface area contributed by atoms with Crippen molar-refractivity contribution in [3.05, 3.63) is 65.8 Å². The molecular formula is C20H15N3O2S. The van der Waals surface area contributed by atoms with Gasteiger partial charge in [-0.2, -0.15) is 0 Å². The summed E-state index contributed by atoms with van der Waals surface area (Å²) in [6.07, 6.45) is 3.30. The maximum absolute atomic E-state index is 13.0. The Balaban J connectivity index is 1.45. The second-order valence-corrected chi connectivity index (χ2v) is 7.41. The molecule has 4 aromatic rings. The molecule has 5 nitrogen and oxygen atoms in total. The third kappa shape index (κ3) is 2.42. The Morgan fingerprint density at radius 1 is 1.15 bits per heavy atom. The summed E-state index contributed by atoms with van der Waals surface area (Å²) in [5.74, 6) is 0.670. The molecule has 26 heavy (non-hydrogen) atoms. The lowest BCUT2D eigenvalue weighted by Crippen LogP contribution is -2.28. The first kappa shape index (κ1) is 15.3. The molecule has 1 N–H and O–H groups in total. The molecule has 0 radical (unpaired) electrons. The first-order valence-electron chi connectivity index (χ1n) is 8.43. The van der Waals surface area contributed by atoms with Crippen molar-refractivity contribution in [2.75, 3.05) is 5.32 Å². The molecule has 1 aliphatic carbocycles. The van der Waals surface area contributed by atoms with Crippen molar-refractivity contribution in [3.8, 4) is 10.6 Å². The van der Waals surface area contributed by atoms with E-state index >= 15 is 0 Å². The van der Waals surface area contributed by atoms with E-state index in [-0.39, 0.29) is 5.91 Å². The fourth-order valence-electron chi connectivity index (χ4n) is 3.21. The number of nitrogens with zero attached hydrogens (tertiary/aromatic N) is 2. The minimum absolute atomic E-state index is 0.0418. The van der Waals surface area contributed by atoms with Crippen molar-refractivity contribution in [2.45, 2.75) is 18.3 Å². The summed E-state index contributed by atoms with van der Waals surface area (Å²) in [6.45, 7) is 0. The van der Waals surface area contributed by atoms with Gasteiger partial charge in [-0.3, -0.25) is 9.78 Å². The molecule has 1 aromatic carbocycles. The van der Waals surface area contributed by atoms with E-state index in [1.165, 1.54) is 0 Å². The fourth-order valence-corrected chi connectivity index (χ4v) is 3.89. The van der Waals surface area contributed by atoms with E-state index in [0.29, 0.717) is 11.5 Å². The van der Waals surface area contributed by atoms with Gasteiger partial charge in [-0.15, -0.1) is 11.3 Å². The summed E-state index contributed by atoms with van der Waals surface area (Å²) in [4.78, 5) is 18.4. The summed E-state index contributed by atoms with van der Waals surface area (Å²) in [7, 11) is 0. The molecule has 5 rings (SSSR count). The number of amides is 1. The molecule has 128 valence electrons. The van der Waals surface area contributed by atoms with Crippen LogP contribution >= 0.6 is 11.3 Å². The minimum atomic E-state index is -0.594. The number of benzene rings is 1. The molecule has 0 atom stereocenters. The summed E-state index contributed by atoms with van der Waals surface area (Å²) in [5, 5.41) is 10.2. The Morgan fingerprint density at radius 3 is 2.88 bits per heavy atom. The van der Waals surface area contributed by atoms with Crippen molar-refractivity contribution < 1.29 is 9.32 Å². The van der Waals surface area contributed by atoms with E-state index in [1.54, 1.807) is 17.5 Å². The third-order valence-corrected chi connectivity index (χ3v) is 5.73. The molecule has 3 aromatic heterocycles. The van der Waals surface area contributed by atoms with Gasteiger partial charge in [0.15, 0.2) is 5.76 Å². The Bertz CT molecular complexity index is 1090. The SMILES string of the molecule is O=C(Nc1cccc2ncccc12)C1(c2cc(-c3cccs3)on2)CC1. The van der Waals surface area contributed by atoms with Crippen molar-refractivity contribution >= 4 is 33.8 Å². The van der Waals surface area contributed by atoms with E-state index in [0.717, 1.165) is 34.3 Å². The molecular weight excluding hydrogens is 346 g/mol. The summed E-state index contributed by atoms with van der Waals surface area (Å²) in [6, 6.07) is 15.4. The van der Waals surface area contributed by atoms with Gasteiger partial charge in [-0.25, -0.2) is 0 Å². The van der Waals surface area contributed by atoms with E-state index in [1.807, 2.05) is 53.9 Å². The number of thiophene rings is 1. The standard InChI is InChI=1S/C20H15N3O2S/c24-19(22-15-6-1-5-14-13(15)4-2-10-21-14)20(8-9-20)18-12-16(25-23-18)17-7-3-11-26-17/h1-7,10-12H,8-9H2,(H,22,24). The number of pyridine rings is 1. The lowest BCUT2D eigenvalue weighted by atomic mass is 10.0. The highest BCUT2D eigenvalue weighted by Gasteiger charge is 2.54. The van der Waals surface area contributed by atoms with Crippen molar-refractivity contribution in [3.63, 3.8) is 0 Å². The smallest absolute Gasteiger partial charge is 0.236 e. The number of carbonyl (C=O) groups is 1. The monoisotopic (exact) mass is 361 g/mol. The Kier molecular flexibility index (Phi) is 3.39. The summed E-state index contributed by atoms with van der Waals surface area (Å²) < 4.78 is 5.48. The molecule has 3 heterocycles. The average molecular weight is 361 g/mol. The van der Waals surface area contributed by atoms with Crippen LogP contribution in [0.2, 0.25) is 0 Å². The molecule has 0 saturated heterocycles. The van der Waals surface area contributed by atoms with E-state index < -0.39 is 5.41 Å². The van der Waals surface area contributed by atoms with Crippen molar-refractivity contribution in [2.24, 2.45) is 0 Å². The van der Waals surface area contributed by atoms with Gasteiger partial charge in [0.1, 0.15) is 0 Å². The van der Waals surface area contributed by atoms with Gasteiger partial charge in [-0.1, -0.05) is 17.3 Å². The third-order valence-electron chi connectivity index (χ3n) is 4.84. The van der Waals surface area contributed by atoms with Gasteiger partial charge < -0.3 is 9.84 Å². The number of hydrogen-bond donors (Lipinski definition) is 1. The zero-order valence-electron chi connectivity index (χ0n) is 13.8. The van der Waals surface area contributed by atoms with Gasteiger partial charge in [0.05, 0.1) is 27.2 Å². The largest absolute Gasteiger partial charge is 0.355 e. The Labute approximate surface area is 153 Å². The predicted molar refractivity (Wildman–Crippen MR) is 101 cm³/mol. The molecule has 0 spiro atoms. The van der Waals surface area contributed by atoms with Crippen LogP contribution in [0.5, 0.6) is 0 Å². The van der Waals surface area contributed by atoms with Crippen LogP contribution < -0.4 is 5.32 Å². The number of rotatable bonds is 4. The minimum Gasteiger partial charge on any atom is -0.355 e. The van der Waals surface area contributed by atoms with Crippen LogP contribution in [-0.2, 0) is 10.2 Å². The van der Waals surface area contributed by atoms with Crippen molar-refractivity contribution in [1.29, 1.82) is 0 Å². The molecule has 1 aliphatic rings. The van der Waals surface area contributed by atoms with Crippen LogP contribution in [0.3, 0.4) is 0 Å². The molecule has 1 fully saturated rings. The van der Waals surface area contributed by atoms with Crippen LogP contribution in [0.4, 0.5) is 5.69 Å². The van der Waals surface area contributed by atoms with Gasteiger partial charge in [0.25, 0.3) is 0 Å². The maximum Gasteiger partial charge on any atom is 0.236 e. The van der Waals surface area contributed by atoms with Gasteiger partial charge >= 0.3 is 0 Å². The second kappa shape index (κ2) is 5.78. The van der Waals surface area contributed by atoms with Gasteiger partial charge in [0, 0.05) is 17.6 Å². The Hall–Kier alpha value is -2.99. The first-order chi connectivity index (χ1) is 12.8. The van der Waals surface area contributed by atoms with Gasteiger partial charge in [0.2, 0.25) is 5.91 Å².